The Morgan fingerprint density at radius 1 is 1.47 bits per heavy atom. The lowest BCUT2D eigenvalue weighted by atomic mass is 9.83. The molecule has 2 rings (SSSR count). The third kappa shape index (κ3) is 3.84. The number of benzene rings is 1. The van der Waals surface area contributed by atoms with Crippen LogP contribution in [-0.2, 0) is 4.79 Å². The third-order valence-electron chi connectivity index (χ3n) is 3.52. The third-order valence-corrected chi connectivity index (χ3v) is 3.52. The van der Waals surface area contributed by atoms with Gasteiger partial charge < -0.3 is 10.4 Å². The number of hydrogen-bond acceptors (Lipinski definition) is 2. The van der Waals surface area contributed by atoms with Crippen LogP contribution in [0.1, 0.15) is 36.8 Å². The van der Waals surface area contributed by atoms with Crippen molar-refractivity contribution in [2.75, 3.05) is 11.9 Å². The zero-order valence-electron chi connectivity index (χ0n) is 11.2. The molecular weight excluding hydrogens is 238 g/mol. The highest BCUT2D eigenvalue weighted by Gasteiger charge is 2.20. The number of nitrogens with one attached hydrogen (secondary N) is 1. The number of aliphatic hydroxyl groups excluding tert-OH is 1. The van der Waals surface area contributed by atoms with Gasteiger partial charge in [0.25, 0.3) is 0 Å². The van der Waals surface area contributed by atoms with Gasteiger partial charge in [-0.2, -0.15) is 0 Å². The highest BCUT2D eigenvalue weighted by molar-refractivity contribution is 5.91. The van der Waals surface area contributed by atoms with Crippen molar-refractivity contribution in [2.24, 2.45) is 5.92 Å². The van der Waals surface area contributed by atoms with E-state index in [4.69, 9.17) is 5.11 Å². The SMILES string of the molecule is Cc1ccc(NC(=O)CC2CCC2)cc1C#CCO. The van der Waals surface area contributed by atoms with Crippen LogP contribution in [0, 0.1) is 24.7 Å². The minimum Gasteiger partial charge on any atom is -0.384 e. The second-order valence-electron chi connectivity index (χ2n) is 5.04. The first-order valence-corrected chi connectivity index (χ1v) is 6.69. The van der Waals surface area contributed by atoms with E-state index in [9.17, 15) is 4.79 Å². The summed E-state index contributed by atoms with van der Waals surface area (Å²) in [5, 5.41) is 11.6. The Bertz CT molecular complexity index is 521. The molecule has 0 atom stereocenters. The number of carbonyl (C=O) groups excluding carboxylic acids is 1. The van der Waals surface area contributed by atoms with Gasteiger partial charge in [-0.25, -0.2) is 0 Å². The Kier molecular flexibility index (Phi) is 4.59. The topological polar surface area (TPSA) is 49.3 Å². The molecule has 1 aromatic rings. The molecule has 0 unspecified atom stereocenters. The van der Waals surface area contributed by atoms with Gasteiger partial charge in [-0.3, -0.25) is 4.79 Å². The number of rotatable bonds is 3. The first kappa shape index (κ1) is 13.6. The Labute approximate surface area is 114 Å². The van der Waals surface area contributed by atoms with Crippen LogP contribution < -0.4 is 5.32 Å². The second-order valence-corrected chi connectivity index (χ2v) is 5.04. The molecule has 2 N–H and O–H groups in total. The summed E-state index contributed by atoms with van der Waals surface area (Å²) < 4.78 is 0. The summed E-state index contributed by atoms with van der Waals surface area (Å²) in [6.45, 7) is 1.80. The lowest BCUT2D eigenvalue weighted by Gasteiger charge is -2.24. The van der Waals surface area contributed by atoms with Gasteiger partial charge in [0.05, 0.1) is 0 Å². The van der Waals surface area contributed by atoms with E-state index in [-0.39, 0.29) is 12.5 Å². The normalized spacial score (nSPS) is 14.2. The maximum absolute atomic E-state index is 11.8. The van der Waals surface area contributed by atoms with Crippen molar-refractivity contribution in [3.63, 3.8) is 0 Å². The van der Waals surface area contributed by atoms with Crippen LogP contribution in [0.5, 0.6) is 0 Å². The summed E-state index contributed by atoms with van der Waals surface area (Å²) in [4.78, 5) is 11.8. The predicted octanol–water partition coefficient (Wildman–Crippen LogP) is 2.47. The van der Waals surface area contributed by atoms with Crippen molar-refractivity contribution >= 4 is 11.6 Å². The lowest BCUT2D eigenvalue weighted by molar-refractivity contribution is -0.117. The van der Waals surface area contributed by atoms with Crippen molar-refractivity contribution < 1.29 is 9.90 Å². The van der Waals surface area contributed by atoms with Gasteiger partial charge in [0, 0.05) is 17.7 Å². The largest absolute Gasteiger partial charge is 0.384 e. The fourth-order valence-electron chi connectivity index (χ4n) is 2.14. The standard InChI is InChI=1S/C16H19NO2/c1-12-7-8-15(11-14(12)6-3-9-18)17-16(19)10-13-4-2-5-13/h7-8,11,13,18H,2,4-5,9-10H2,1H3,(H,17,19). The van der Waals surface area contributed by atoms with Crippen LogP contribution in [0.15, 0.2) is 18.2 Å². The van der Waals surface area contributed by atoms with Crippen LogP contribution in [0.2, 0.25) is 0 Å². The summed E-state index contributed by atoms with van der Waals surface area (Å²) in [5.74, 6) is 6.16. The molecule has 0 radical (unpaired) electrons. The molecule has 1 saturated carbocycles. The van der Waals surface area contributed by atoms with Gasteiger partial charge in [0.2, 0.25) is 5.91 Å². The van der Waals surface area contributed by atoms with E-state index >= 15 is 0 Å². The first-order chi connectivity index (χ1) is 9.19. The number of anilines is 1. The highest BCUT2D eigenvalue weighted by atomic mass is 16.2. The Balaban J connectivity index is 2.01. The minimum absolute atomic E-state index is 0.0784. The summed E-state index contributed by atoms with van der Waals surface area (Å²) >= 11 is 0. The fraction of sp³-hybridized carbons (Fsp3) is 0.438. The molecule has 3 nitrogen and oxygen atoms in total. The minimum atomic E-state index is -0.155. The van der Waals surface area contributed by atoms with E-state index in [1.807, 2.05) is 25.1 Å². The van der Waals surface area contributed by atoms with Crippen LogP contribution >= 0.6 is 0 Å². The molecule has 1 aromatic carbocycles. The molecule has 1 aliphatic carbocycles. The molecule has 0 aromatic heterocycles. The van der Waals surface area contributed by atoms with E-state index in [0.29, 0.717) is 12.3 Å². The Morgan fingerprint density at radius 2 is 2.26 bits per heavy atom. The van der Waals surface area contributed by atoms with E-state index in [1.165, 1.54) is 19.3 Å². The second kappa shape index (κ2) is 6.40. The van der Waals surface area contributed by atoms with Crippen LogP contribution in [0.25, 0.3) is 0 Å². The van der Waals surface area contributed by atoms with Gasteiger partial charge in [-0.15, -0.1) is 0 Å². The summed E-state index contributed by atoms with van der Waals surface area (Å²) in [7, 11) is 0. The molecule has 1 amide bonds. The highest BCUT2D eigenvalue weighted by Crippen LogP contribution is 2.29. The number of amides is 1. The zero-order chi connectivity index (χ0) is 13.7. The molecule has 3 heteroatoms. The smallest absolute Gasteiger partial charge is 0.224 e. The molecule has 1 fully saturated rings. The lowest BCUT2D eigenvalue weighted by Crippen LogP contribution is -2.20. The molecule has 0 spiro atoms. The van der Waals surface area contributed by atoms with E-state index in [2.05, 4.69) is 17.2 Å². The molecule has 0 heterocycles. The molecule has 100 valence electrons. The summed E-state index contributed by atoms with van der Waals surface area (Å²) in [5.41, 5.74) is 2.66. The van der Waals surface area contributed by atoms with Crippen molar-refractivity contribution in [1.82, 2.24) is 0 Å². The van der Waals surface area contributed by atoms with E-state index in [0.717, 1.165) is 16.8 Å². The molecule has 0 bridgehead atoms. The number of aryl methyl sites for hydroxylation is 1. The van der Waals surface area contributed by atoms with E-state index in [1.54, 1.807) is 0 Å². The van der Waals surface area contributed by atoms with Crippen LogP contribution in [0.4, 0.5) is 5.69 Å². The van der Waals surface area contributed by atoms with Gasteiger partial charge >= 0.3 is 0 Å². The van der Waals surface area contributed by atoms with Crippen molar-refractivity contribution in [2.45, 2.75) is 32.6 Å². The van der Waals surface area contributed by atoms with Gasteiger partial charge in [0.15, 0.2) is 0 Å². The monoisotopic (exact) mass is 257 g/mol. The maximum Gasteiger partial charge on any atom is 0.224 e. The predicted molar refractivity (Wildman–Crippen MR) is 75.7 cm³/mol. The summed E-state index contributed by atoms with van der Waals surface area (Å²) in [6.07, 6.45) is 4.22. The van der Waals surface area contributed by atoms with Crippen LogP contribution in [0.3, 0.4) is 0 Å². The number of hydrogen-bond donors (Lipinski definition) is 2. The van der Waals surface area contributed by atoms with Gasteiger partial charge in [0.1, 0.15) is 6.61 Å². The quantitative estimate of drug-likeness (QED) is 0.817. The summed E-state index contributed by atoms with van der Waals surface area (Å²) in [6, 6.07) is 5.68. The molecule has 19 heavy (non-hydrogen) atoms. The molecule has 0 saturated heterocycles. The maximum atomic E-state index is 11.8. The van der Waals surface area contributed by atoms with Crippen molar-refractivity contribution in [3.8, 4) is 11.8 Å². The van der Waals surface area contributed by atoms with Gasteiger partial charge in [-0.1, -0.05) is 24.3 Å². The van der Waals surface area contributed by atoms with E-state index < -0.39 is 0 Å². The van der Waals surface area contributed by atoms with Gasteiger partial charge in [-0.05, 0) is 43.4 Å². The molecular formula is C16H19NO2. The number of carbonyl (C=O) groups is 1. The van der Waals surface area contributed by atoms with Crippen LogP contribution in [-0.4, -0.2) is 17.6 Å². The first-order valence-electron chi connectivity index (χ1n) is 6.69. The van der Waals surface area contributed by atoms with Crippen molar-refractivity contribution in [3.05, 3.63) is 29.3 Å². The number of aliphatic hydroxyl groups is 1. The average molecular weight is 257 g/mol. The molecule has 0 aliphatic heterocycles. The Hall–Kier alpha value is -1.79. The molecule has 1 aliphatic rings. The fourth-order valence-corrected chi connectivity index (χ4v) is 2.14. The average Bonchev–Trinajstić information content (AvgIpc) is 2.34. The Morgan fingerprint density at radius 3 is 2.89 bits per heavy atom. The van der Waals surface area contributed by atoms with Crippen molar-refractivity contribution in [1.29, 1.82) is 0 Å². The zero-order valence-corrected chi connectivity index (χ0v) is 11.2.